The van der Waals surface area contributed by atoms with E-state index < -0.39 is 41.3 Å². The summed E-state index contributed by atoms with van der Waals surface area (Å²) in [5, 5.41) is 3.45. The zero-order chi connectivity index (χ0) is 13.9. The first-order valence-corrected chi connectivity index (χ1v) is 5.05. The first kappa shape index (κ1) is 14.4. The zero-order valence-corrected chi connectivity index (χ0v) is 9.66. The molecule has 0 bridgehead atoms. The predicted octanol–water partition coefficient (Wildman–Crippen LogP) is 3.68. The third-order valence-corrected chi connectivity index (χ3v) is 2.24. The third kappa shape index (κ3) is 2.77. The van der Waals surface area contributed by atoms with E-state index in [4.69, 9.17) is 0 Å². The van der Waals surface area contributed by atoms with Crippen molar-refractivity contribution in [3.8, 4) is 0 Å². The van der Waals surface area contributed by atoms with Crippen molar-refractivity contribution in [3.63, 3.8) is 0 Å². The fourth-order valence-corrected chi connectivity index (χ4v) is 1.05. The van der Waals surface area contributed by atoms with Crippen molar-refractivity contribution >= 4 is 5.71 Å². The normalized spacial score (nSPS) is 11.8. The highest BCUT2D eigenvalue weighted by atomic mass is 19.2. The molecule has 2 nitrogen and oxygen atoms in total. The number of nitrogens with zero attached hydrogens (tertiary/aromatic N) is 1. The van der Waals surface area contributed by atoms with E-state index >= 15 is 0 Å². The van der Waals surface area contributed by atoms with E-state index in [1.165, 1.54) is 0 Å². The smallest absolute Gasteiger partial charge is 0.200 e. The number of rotatable bonds is 4. The fraction of sp³-hybridized carbons (Fsp3) is 0.364. The van der Waals surface area contributed by atoms with Crippen molar-refractivity contribution in [1.82, 2.24) is 0 Å². The Morgan fingerprint density at radius 2 is 1.39 bits per heavy atom. The van der Waals surface area contributed by atoms with Gasteiger partial charge in [-0.2, -0.15) is 0 Å². The molecule has 0 amide bonds. The predicted molar refractivity (Wildman–Crippen MR) is 54.4 cm³/mol. The van der Waals surface area contributed by atoms with E-state index in [9.17, 15) is 22.0 Å². The molecule has 0 aromatic heterocycles. The minimum Gasteiger partial charge on any atom is -0.391 e. The molecule has 0 unspecified atom stereocenters. The Morgan fingerprint density at radius 3 is 1.83 bits per heavy atom. The van der Waals surface area contributed by atoms with Gasteiger partial charge in [-0.3, -0.25) is 0 Å². The Hall–Kier alpha value is -1.66. The average Bonchev–Trinajstić information content (AvgIpc) is 2.37. The van der Waals surface area contributed by atoms with Crippen molar-refractivity contribution in [2.24, 2.45) is 5.16 Å². The van der Waals surface area contributed by atoms with Crippen LogP contribution >= 0.6 is 0 Å². The Kier molecular flexibility index (Phi) is 4.63. The van der Waals surface area contributed by atoms with Gasteiger partial charge in [-0.1, -0.05) is 12.1 Å². The summed E-state index contributed by atoms with van der Waals surface area (Å²) < 4.78 is 64.6. The van der Waals surface area contributed by atoms with Gasteiger partial charge in [0.2, 0.25) is 5.82 Å². The highest BCUT2D eigenvalue weighted by Gasteiger charge is 2.25. The van der Waals surface area contributed by atoms with Crippen molar-refractivity contribution in [1.29, 1.82) is 0 Å². The highest BCUT2D eigenvalue weighted by molar-refractivity contribution is 5.80. The standard InChI is InChI=1S/C11H10F5NO/c1-3-5(2)17-18-4-6-7(12)9(14)11(16)10(15)8(6)13/h3-4H2,1-2H3/b17-5+. The van der Waals surface area contributed by atoms with Gasteiger partial charge < -0.3 is 4.84 Å². The van der Waals surface area contributed by atoms with Crippen LogP contribution in [0.2, 0.25) is 0 Å². The molecule has 0 atom stereocenters. The van der Waals surface area contributed by atoms with Gasteiger partial charge in [0, 0.05) is 0 Å². The summed E-state index contributed by atoms with van der Waals surface area (Å²) in [6, 6.07) is 0. The van der Waals surface area contributed by atoms with Gasteiger partial charge in [0.05, 0.1) is 11.3 Å². The van der Waals surface area contributed by atoms with E-state index in [1.54, 1.807) is 13.8 Å². The van der Waals surface area contributed by atoms with Gasteiger partial charge >= 0.3 is 0 Å². The lowest BCUT2D eigenvalue weighted by Crippen LogP contribution is -2.08. The highest BCUT2D eigenvalue weighted by Crippen LogP contribution is 2.23. The van der Waals surface area contributed by atoms with Gasteiger partial charge in [-0.15, -0.1) is 0 Å². The summed E-state index contributed by atoms with van der Waals surface area (Å²) in [5.41, 5.74) is -0.516. The molecule has 0 aliphatic rings. The maximum Gasteiger partial charge on any atom is 0.200 e. The van der Waals surface area contributed by atoms with Crippen LogP contribution in [0, 0.1) is 29.1 Å². The molecule has 1 aromatic carbocycles. The molecule has 0 spiro atoms. The van der Waals surface area contributed by atoms with Crippen LogP contribution < -0.4 is 0 Å². The van der Waals surface area contributed by atoms with Crippen LogP contribution in [0.25, 0.3) is 0 Å². The summed E-state index contributed by atoms with van der Waals surface area (Å²) in [7, 11) is 0. The molecule has 0 saturated heterocycles. The van der Waals surface area contributed by atoms with Crippen LogP contribution in [0.5, 0.6) is 0 Å². The maximum absolute atomic E-state index is 13.2. The van der Waals surface area contributed by atoms with Crippen molar-refractivity contribution in [3.05, 3.63) is 34.6 Å². The Labute approximate surface area is 100 Å². The first-order chi connectivity index (χ1) is 8.40. The molecule has 1 rings (SSSR count). The van der Waals surface area contributed by atoms with Gasteiger partial charge in [-0.25, -0.2) is 22.0 Å². The Balaban J connectivity index is 3.03. The van der Waals surface area contributed by atoms with E-state index in [0.717, 1.165) is 0 Å². The van der Waals surface area contributed by atoms with Crippen LogP contribution in [-0.4, -0.2) is 5.71 Å². The van der Waals surface area contributed by atoms with Crippen LogP contribution in [0.4, 0.5) is 22.0 Å². The lowest BCUT2D eigenvalue weighted by molar-refractivity contribution is 0.122. The summed E-state index contributed by atoms with van der Waals surface area (Å²) in [6.45, 7) is 2.53. The van der Waals surface area contributed by atoms with Crippen LogP contribution in [0.15, 0.2) is 5.16 Å². The maximum atomic E-state index is 13.2. The van der Waals surface area contributed by atoms with Gasteiger partial charge in [0.15, 0.2) is 23.3 Å². The number of benzene rings is 1. The topological polar surface area (TPSA) is 21.6 Å². The van der Waals surface area contributed by atoms with Crippen LogP contribution in [-0.2, 0) is 11.4 Å². The number of hydrogen-bond acceptors (Lipinski definition) is 2. The van der Waals surface area contributed by atoms with Crippen molar-refractivity contribution < 1.29 is 26.8 Å². The summed E-state index contributed by atoms with van der Waals surface area (Å²) in [4.78, 5) is 4.54. The SMILES string of the molecule is CC/C(C)=N/OCc1c(F)c(F)c(F)c(F)c1F. The van der Waals surface area contributed by atoms with Crippen molar-refractivity contribution in [2.45, 2.75) is 26.9 Å². The lowest BCUT2D eigenvalue weighted by atomic mass is 10.2. The summed E-state index contributed by atoms with van der Waals surface area (Å²) >= 11 is 0. The second kappa shape index (κ2) is 5.79. The number of hydrogen-bond donors (Lipinski definition) is 0. The molecule has 0 heterocycles. The van der Waals surface area contributed by atoms with E-state index in [2.05, 4.69) is 9.99 Å². The molecular formula is C11H10F5NO. The number of halogens is 5. The molecule has 0 fully saturated rings. The van der Waals surface area contributed by atoms with E-state index in [0.29, 0.717) is 12.1 Å². The molecule has 100 valence electrons. The molecule has 18 heavy (non-hydrogen) atoms. The lowest BCUT2D eigenvalue weighted by Gasteiger charge is -2.07. The van der Waals surface area contributed by atoms with Gasteiger partial charge in [0.25, 0.3) is 0 Å². The minimum atomic E-state index is -2.19. The molecule has 0 aliphatic carbocycles. The van der Waals surface area contributed by atoms with E-state index in [-0.39, 0.29) is 0 Å². The molecule has 0 aliphatic heterocycles. The van der Waals surface area contributed by atoms with Gasteiger partial charge in [0.1, 0.15) is 6.61 Å². The van der Waals surface area contributed by atoms with Gasteiger partial charge in [-0.05, 0) is 13.3 Å². The molecule has 0 N–H and O–H groups in total. The first-order valence-electron chi connectivity index (χ1n) is 5.05. The molecule has 0 radical (unpaired) electrons. The molecule has 1 aromatic rings. The molecule has 7 heteroatoms. The average molecular weight is 267 g/mol. The zero-order valence-electron chi connectivity index (χ0n) is 9.66. The van der Waals surface area contributed by atoms with E-state index in [1.807, 2.05) is 0 Å². The van der Waals surface area contributed by atoms with Crippen LogP contribution in [0.1, 0.15) is 25.8 Å². The third-order valence-electron chi connectivity index (χ3n) is 2.24. The minimum absolute atomic E-state index is 0.527. The van der Waals surface area contributed by atoms with Crippen LogP contribution in [0.3, 0.4) is 0 Å². The quantitative estimate of drug-likeness (QED) is 0.268. The summed E-state index contributed by atoms with van der Waals surface area (Å²) in [5.74, 6) is -10.00. The number of oxime groups is 1. The monoisotopic (exact) mass is 267 g/mol. The molecular weight excluding hydrogens is 257 g/mol. The fourth-order valence-electron chi connectivity index (χ4n) is 1.05. The second-order valence-electron chi connectivity index (χ2n) is 3.50. The second-order valence-corrected chi connectivity index (χ2v) is 3.50. The van der Waals surface area contributed by atoms with Crippen molar-refractivity contribution in [2.75, 3.05) is 0 Å². The summed E-state index contributed by atoms with van der Waals surface area (Å²) in [6.07, 6.45) is 0.539. The Bertz CT molecular complexity index is 458. The molecule has 0 saturated carbocycles. The Morgan fingerprint density at radius 1 is 0.944 bits per heavy atom. The largest absolute Gasteiger partial charge is 0.391 e.